The van der Waals surface area contributed by atoms with E-state index in [9.17, 15) is 9.59 Å². The van der Waals surface area contributed by atoms with Crippen LogP contribution in [0.1, 0.15) is 37.1 Å². The molecule has 2 heterocycles. The Bertz CT molecular complexity index is 795. The third-order valence-corrected chi connectivity index (χ3v) is 3.92. The Labute approximate surface area is 135 Å². The maximum absolute atomic E-state index is 12.0. The molecule has 7 heteroatoms. The molecule has 23 heavy (non-hydrogen) atoms. The molecule has 0 atom stereocenters. The lowest BCUT2D eigenvalue weighted by Crippen LogP contribution is -2.45. The number of nitrogens with zero attached hydrogens (tertiary/aromatic N) is 2. The van der Waals surface area contributed by atoms with Gasteiger partial charge in [-0.3, -0.25) is 19.4 Å². The van der Waals surface area contributed by atoms with Crippen molar-refractivity contribution in [1.82, 2.24) is 20.1 Å². The van der Waals surface area contributed by atoms with Crippen molar-refractivity contribution in [2.45, 2.75) is 46.1 Å². The number of aryl methyl sites for hydroxylation is 3. The fourth-order valence-electron chi connectivity index (χ4n) is 2.67. The van der Waals surface area contributed by atoms with Gasteiger partial charge in [0.15, 0.2) is 5.65 Å². The summed E-state index contributed by atoms with van der Waals surface area (Å²) in [6, 6.07) is 0. The molecule has 2 aromatic heterocycles. The summed E-state index contributed by atoms with van der Waals surface area (Å²) < 4.78 is 1.62. The van der Waals surface area contributed by atoms with Crippen molar-refractivity contribution in [1.29, 1.82) is 0 Å². The molecule has 0 aromatic carbocycles. The molecule has 0 spiro atoms. The smallest absolute Gasteiger partial charge is 0.273 e. The highest BCUT2D eigenvalue weighted by Gasteiger charge is 2.17. The van der Waals surface area contributed by atoms with Crippen LogP contribution in [0.15, 0.2) is 4.79 Å². The summed E-state index contributed by atoms with van der Waals surface area (Å²) in [6.45, 7) is 7.96. The van der Waals surface area contributed by atoms with Crippen LogP contribution in [0.2, 0.25) is 0 Å². The quantitative estimate of drug-likeness (QED) is 0.753. The van der Waals surface area contributed by atoms with Gasteiger partial charge < -0.3 is 11.1 Å². The molecule has 126 valence electrons. The van der Waals surface area contributed by atoms with Gasteiger partial charge in [0, 0.05) is 31.2 Å². The van der Waals surface area contributed by atoms with Crippen molar-refractivity contribution in [2.75, 3.05) is 6.54 Å². The van der Waals surface area contributed by atoms with Gasteiger partial charge in [-0.1, -0.05) is 0 Å². The Morgan fingerprint density at radius 1 is 1.39 bits per heavy atom. The summed E-state index contributed by atoms with van der Waals surface area (Å²) in [5.74, 6) is -0.0515. The average Bonchev–Trinajstić information content (AvgIpc) is 2.70. The average molecular weight is 319 g/mol. The molecule has 0 aliphatic rings. The molecular weight excluding hydrogens is 294 g/mol. The van der Waals surface area contributed by atoms with Gasteiger partial charge in [-0.15, -0.1) is 0 Å². The number of aromatic nitrogens is 3. The monoisotopic (exact) mass is 319 g/mol. The molecule has 1 amide bonds. The Hall–Kier alpha value is -2.15. The SMILES string of the molecule is Cc1nc2c(c(C)c1CCC(=O)NCC(C)(C)N)c(=O)[nH]n2C. The van der Waals surface area contributed by atoms with Crippen LogP contribution in [0.5, 0.6) is 0 Å². The Morgan fingerprint density at radius 3 is 2.65 bits per heavy atom. The number of pyridine rings is 1. The first-order valence-corrected chi connectivity index (χ1v) is 7.70. The fourth-order valence-corrected chi connectivity index (χ4v) is 2.67. The van der Waals surface area contributed by atoms with Crippen LogP contribution in [0, 0.1) is 13.8 Å². The number of aromatic amines is 1. The molecule has 0 aliphatic carbocycles. The number of carbonyl (C=O) groups excluding carboxylic acids is 1. The van der Waals surface area contributed by atoms with Crippen LogP contribution in [0.4, 0.5) is 0 Å². The number of rotatable bonds is 5. The van der Waals surface area contributed by atoms with E-state index in [2.05, 4.69) is 15.4 Å². The molecule has 0 bridgehead atoms. The Balaban J connectivity index is 2.19. The van der Waals surface area contributed by atoms with Crippen molar-refractivity contribution in [2.24, 2.45) is 12.8 Å². The highest BCUT2D eigenvalue weighted by atomic mass is 16.1. The third kappa shape index (κ3) is 3.79. The highest BCUT2D eigenvalue weighted by molar-refractivity contribution is 5.81. The number of carbonyl (C=O) groups is 1. The van der Waals surface area contributed by atoms with Gasteiger partial charge in [0.05, 0.1) is 5.39 Å². The van der Waals surface area contributed by atoms with Crippen molar-refractivity contribution in [3.05, 3.63) is 27.2 Å². The first-order chi connectivity index (χ1) is 10.6. The number of amides is 1. The van der Waals surface area contributed by atoms with Crippen LogP contribution in [0.3, 0.4) is 0 Å². The normalized spacial score (nSPS) is 11.9. The second kappa shape index (κ2) is 6.16. The van der Waals surface area contributed by atoms with E-state index in [0.29, 0.717) is 30.4 Å². The van der Waals surface area contributed by atoms with E-state index >= 15 is 0 Å². The molecule has 4 N–H and O–H groups in total. The Morgan fingerprint density at radius 2 is 2.04 bits per heavy atom. The number of hydrogen-bond acceptors (Lipinski definition) is 4. The fraction of sp³-hybridized carbons (Fsp3) is 0.562. The summed E-state index contributed by atoms with van der Waals surface area (Å²) in [5.41, 5.74) is 8.60. The summed E-state index contributed by atoms with van der Waals surface area (Å²) in [5, 5.41) is 6.14. The van der Waals surface area contributed by atoms with Crippen molar-refractivity contribution in [3.8, 4) is 0 Å². The van der Waals surface area contributed by atoms with E-state index in [0.717, 1.165) is 16.8 Å². The predicted molar refractivity (Wildman–Crippen MR) is 90.4 cm³/mol. The second-order valence-electron chi connectivity index (χ2n) is 6.76. The maximum atomic E-state index is 12.0. The highest BCUT2D eigenvalue weighted by Crippen LogP contribution is 2.20. The summed E-state index contributed by atoms with van der Waals surface area (Å²) in [6.07, 6.45) is 0.890. The molecule has 0 saturated carbocycles. The number of nitrogens with one attached hydrogen (secondary N) is 2. The van der Waals surface area contributed by atoms with Gasteiger partial charge in [0.2, 0.25) is 5.91 Å². The van der Waals surface area contributed by atoms with Gasteiger partial charge >= 0.3 is 0 Å². The van der Waals surface area contributed by atoms with Crippen molar-refractivity contribution >= 4 is 16.9 Å². The summed E-state index contributed by atoms with van der Waals surface area (Å²) in [4.78, 5) is 28.5. The van der Waals surface area contributed by atoms with Gasteiger partial charge in [-0.2, -0.15) is 0 Å². The number of nitrogens with two attached hydrogens (primary N) is 1. The molecule has 0 fully saturated rings. The standard InChI is InChI=1S/C16H25N5O2/c1-9-11(6-7-12(22)18-8-16(3,4)17)10(2)19-14-13(9)15(23)20-21(14)5/h6-8,17H2,1-5H3,(H,18,22)(H,20,23). The Kier molecular flexibility index (Phi) is 4.61. The van der Waals surface area contributed by atoms with Gasteiger partial charge in [-0.05, 0) is 45.2 Å². The largest absolute Gasteiger partial charge is 0.354 e. The van der Waals surface area contributed by atoms with Crippen molar-refractivity contribution in [3.63, 3.8) is 0 Å². The van der Waals surface area contributed by atoms with E-state index in [-0.39, 0.29) is 11.5 Å². The summed E-state index contributed by atoms with van der Waals surface area (Å²) >= 11 is 0. The number of H-pyrrole nitrogens is 1. The molecule has 2 rings (SSSR count). The van der Waals surface area contributed by atoms with Crippen LogP contribution < -0.4 is 16.6 Å². The maximum Gasteiger partial charge on any atom is 0.273 e. The van der Waals surface area contributed by atoms with Crippen molar-refractivity contribution < 1.29 is 4.79 Å². The van der Waals surface area contributed by atoms with E-state index in [1.54, 1.807) is 11.7 Å². The zero-order valence-corrected chi connectivity index (χ0v) is 14.4. The zero-order chi connectivity index (χ0) is 17.4. The molecule has 0 unspecified atom stereocenters. The molecule has 0 saturated heterocycles. The van der Waals surface area contributed by atoms with Gasteiger partial charge in [0.25, 0.3) is 5.56 Å². The molecule has 0 radical (unpaired) electrons. The molecular formula is C16H25N5O2. The second-order valence-corrected chi connectivity index (χ2v) is 6.76. The third-order valence-electron chi connectivity index (χ3n) is 3.92. The lowest BCUT2D eigenvalue weighted by Gasteiger charge is -2.19. The molecule has 0 aliphatic heterocycles. The minimum atomic E-state index is -0.431. The molecule has 2 aromatic rings. The van der Waals surface area contributed by atoms with E-state index < -0.39 is 5.54 Å². The van der Waals surface area contributed by atoms with Crippen LogP contribution in [-0.2, 0) is 18.3 Å². The first kappa shape index (κ1) is 17.2. The lowest BCUT2D eigenvalue weighted by atomic mass is 10.00. The number of fused-ring (bicyclic) bond motifs is 1. The van der Waals surface area contributed by atoms with Crippen LogP contribution >= 0.6 is 0 Å². The van der Waals surface area contributed by atoms with E-state index in [1.807, 2.05) is 27.7 Å². The minimum absolute atomic E-state index is 0.0515. The predicted octanol–water partition coefficient (Wildman–Crippen LogP) is 0.665. The zero-order valence-electron chi connectivity index (χ0n) is 14.4. The van der Waals surface area contributed by atoms with E-state index in [4.69, 9.17) is 5.73 Å². The van der Waals surface area contributed by atoms with Crippen LogP contribution in [-0.4, -0.2) is 32.8 Å². The van der Waals surface area contributed by atoms with Gasteiger partial charge in [0.1, 0.15) is 0 Å². The van der Waals surface area contributed by atoms with Gasteiger partial charge in [-0.25, -0.2) is 4.98 Å². The lowest BCUT2D eigenvalue weighted by molar-refractivity contribution is -0.121. The van der Waals surface area contributed by atoms with E-state index in [1.165, 1.54) is 0 Å². The first-order valence-electron chi connectivity index (χ1n) is 7.70. The number of hydrogen-bond donors (Lipinski definition) is 3. The summed E-state index contributed by atoms with van der Waals surface area (Å²) in [7, 11) is 1.76. The topological polar surface area (TPSA) is 106 Å². The minimum Gasteiger partial charge on any atom is -0.354 e. The van der Waals surface area contributed by atoms with Crippen LogP contribution in [0.25, 0.3) is 11.0 Å². The molecule has 7 nitrogen and oxygen atoms in total.